The Morgan fingerprint density at radius 3 is 2.76 bits per heavy atom. The number of hydrogen-bond acceptors (Lipinski definition) is 5. The molecule has 9 atom stereocenters. The first-order valence-corrected chi connectivity index (χ1v) is 17.9. The van der Waals surface area contributed by atoms with Gasteiger partial charge in [0.25, 0.3) is 0 Å². The van der Waals surface area contributed by atoms with Crippen molar-refractivity contribution in [3.63, 3.8) is 0 Å². The number of nitrogens with zero attached hydrogens (tertiary/aromatic N) is 3. The van der Waals surface area contributed by atoms with E-state index in [-0.39, 0.29) is 39.7 Å². The lowest BCUT2D eigenvalue weighted by atomic mass is 9.57. The molecule has 8 aliphatic rings. The number of fused-ring (bicyclic) bond motifs is 4. The van der Waals surface area contributed by atoms with Crippen LogP contribution < -0.4 is 5.32 Å². The maximum atomic E-state index is 13.7. The number of nitrogens with one attached hydrogen (secondary N) is 1. The third-order valence-corrected chi connectivity index (χ3v) is 15.2. The number of anilines is 1. The van der Waals surface area contributed by atoms with Crippen molar-refractivity contribution in [3.05, 3.63) is 89.2 Å². The molecule has 46 heavy (non-hydrogen) atoms. The fourth-order valence-corrected chi connectivity index (χ4v) is 13.7. The smallest absolute Gasteiger partial charge is 0.311 e. The summed E-state index contributed by atoms with van der Waals surface area (Å²) in [6, 6.07) is 17.8. The lowest BCUT2D eigenvalue weighted by Crippen LogP contribution is -2.63. The predicted octanol–water partition coefficient (Wildman–Crippen LogP) is 6.38. The van der Waals surface area contributed by atoms with Gasteiger partial charge in [-0.05, 0) is 73.4 Å². The lowest BCUT2D eigenvalue weighted by Gasteiger charge is -2.54. The number of aromatic nitrogens is 1. The van der Waals surface area contributed by atoms with Crippen LogP contribution in [0.3, 0.4) is 0 Å². The van der Waals surface area contributed by atoms with Gasteiger partial charge in [-0.15, -0.1) is 0 Å². The molecule has 2 aliphatic carbocycles. The number of esters is 1. The Labute approximate surface area is 271 Å². The number of benzene rings is 2. The van der Waals surface area contributed by atoms with Gasteiger partial charge in [-0.2, -0.15) is 0 Å². The second kappa shape index (κ2) is 8.38. The van der Waals surface area contributed by atoms with E-state index in [2.05, 4.69) is 100 Å². The van der Waals surface area contributed by atoms with E-state index in [4.69, 9.17) is 4.74 Å². The average molecular weight is 613 g/mol. The Hall–Kier alpha value is -3.35. The Morgan fingerprint density at radius 2 is 1.89 bits per heavy atom. The largest absolute Gasteiger partial charge is 0.469 e. The summed E-state index contributed by atoms with van der Waals surface area (Å²) in [5.74, 6) is 0.142. The zero-order valence-corrected chi connectivity index (χ0v) is 27.3. The van der Waals surface area contributed by atoms with Gasteiger partial charge in [0.15, 0.2) is 0 Å². The van der Waals surface area contributed by atoms with Gasteiger partial charge in [0.05, 0.1) is 30.7 Å². The number of hydrogen-bond donors (Lipinski definition) is 1. The van der Waals surface area contributed by atoms with Gasteiger partial charge in [-0.25, -0.2) is 0 Å². The van der Waals surface area contributed by atoms with Crippen molar-refractivity contribution in [3.8, 4) is 0 Å². The Balaban J connectivity index is 1.14. The van der Waals surface area contributed by atoms with Gasteiger partial charge in [0.1, 0.15) is 0 Å². The summed E-state index contributed by atoms with van der Waals surface area (Å²) in [6.45, 7) is 9.15. The molecule has 3 spiro atoms. The van der Waals surface area contributed by atoms with Crippen molar-refractivity contribution >= 4 is 22.6 Å². The molecule has 6 aliphatic heterocycles. The van der Waals surface area contributed by atoms with Crippen molar-refractivity contribution in [1.29, 1.82) is 0 Å². The molecule has 6 nitrogen and oxygen atoms in total. The van der Waals surface area contributed by atoms with Crippen LogP contribution in [0.15, 0.2) is 66.8 Å². The van der Waals surface area contributed by atoms with E-state index < -0.39 is 0 Å². The van der Waals surface area contributed by atoms with Crippen LogP contribution in [0.1, 0.15) is 74.0 Å². The van der Waals surface area contributed by atoms with Crippen LogP contribution in [-0.4, -0.2) is 65.2 Å². The number of rotatable bonds is 3. The summed E-state index contributed by atoms with van der Waals surface area (Å²) in [6.07, 6.45) is 15.3. The van der Waals surface area contributed by atoms with E-state index in [1.807, 2.05) is 0 Å². The first kappa shape index (κ1) is 26.7. The minimum atomic E-state index is -0.330. The topological polar surface area (TPSA) is 49.7 Å². The molecule has 1 N–H and O–H groups in total. The quantitative estimate of drug-likeness (QED) is 0.275. The summed E-state index contributed by atoms with van der Waals surface area (Å²) in [5.41, 5.74) is 8.38. The van der Waals surface area contributed by atoms with E-state index in [1.165, 1.54) is 27.7 Å². The molecule has 0 amide bonds. The van der Waals surface area contributed by atoms with Crippen molar-refractivity contribution in [2.75, 3.05) is 38.6 Å². The molecule has 0 radical (unpaired) electrons. The SMILES string of the molecule is CC[C@]12C=CCN3CCc4c(n(c5ccccc45)[C@@H](c4ccc5c(c4)[C@@]46CCN7CC=C[C@@]8(C[C@@H](C(=O)OC)[C@]4(N5)[C@@H]8C)[C@H]76)C1)[C@@H]32. The van der Waals surface area contributed by atoms with Crippen molar-refractivity contribution in [1.82, 2.24) is 14.4 Å². The summed E-state index contributed by atoms with van der Waals surface area (Å²) >= 11 is 0. The maximum absolute atomic E-state index is 13.7. The first-order valence-electron chi connectivity index (χ1n) is 17.9. The molecular weight excluding hydrogens is 568 g/mol. The molecule has 0 unspecified atom stereocenters. The van der Waals surface area contributed by atoms with Crippen LogP contribution in [0, 0.1) is 22.7 Å². The highest BCUT2D eigenvalue weighted by atomic mass is 16.5. The highest BCUT2D eigenvalue weighted by molar-refractivity contribution is 5.87. The molecule has 3 aromatic rings. The van der Waals surface area contributed by atoms with Gasteiger partial charge in [0.2, 0.25) is 0 Å². The zero-order valence-electron chi connectivity index (χ0n) is 27.3. The van der Waals surface area contributed by atoms with E-state index in [0.717, 1.165) is 58.3 Å². The van der Waals surface area contributed by atoms with Gasteiger partial charge in [0, 0.05) is 64.2 Å². The molecular formula is C40H44N4O2. The third-order valence-electron chi connectivity index (χ3n) is 15.2. The Kier molecular flexibility index (Phi) is 4.86. The number of para-hydroxylation sites is 1. The molecule has 236 valence electrons. The van der Waals surface area contributed by atoms with Crippen LogP contribution in [-0.2, 0) is 21.4 Å². The first-order chi connectivity index (χ1) is 22.4. The van der Waals surface area contributed by atoms with Crippen LogP contribution in [0.2, 0.25) is 0 Å². The monoisotopic (exact) mass is 612 g/mol. The van der Waals surface area contributed by atoms with Crippen LogP contribution in [0.4, 0.5) is 5.69 Å². The van der Waals surface area contributed by atoms with Crippen molar-refractivity contribution in [2.24, 2.45) is 22.7 Å². The van der Waals surface area contributed by atoms with Crippen molar-refractivity contribution in [2.45, 2.75) is 75.0 Å². The van der Waals surface area contributed by atoms with E-state index in [1.54, 1.807) is 18.4 Å². The summed E-state index contributed by atoms with van der Waals surface area (Å²) in [4.78, 5) is 19.2. The predicted molar refractivity (Wildman–Crippen MR) is 180 cm³/mol. The number of carbonyl (C=O) groups excluding carboxylic acids is 1. The summed E-state index contributed by atoms with van der Waals surface area (Å²) in [5, 5.41) is 5.61. The summed E-state index contributed by atoms with van der Waals surface area (Å²) in [7, 11) is 1.58. The lowest BCUT2D eigenvalue weighted by molar-refractivity contribution is -0.149. The standard InChI is InChI=1S/C40H44N4O2/c1-4-37-14-7-17-42-19-13-27-26-9-5-6-10-31(26)44(33(27)34(37)42)32(23-37)25-11-12-30-28(21-25)39-16-20-43-18-8-15-38(36(39)43)22-29(35(45)46-3)40(39,41-30)24(38)2/h5-12,14-15,21,24,29,32,34,36,41H,4,13,16-20,22-23H2,1-3H3/t24-,29+,32-,34-,36+,37+,38+,39-,40-/m1/s1. The number of carbonyl (C=O) groups is 1. The maximum Gasteiger partial charge on any atom is 0.311 e. The highest BCUT2D eigenvalue weighted by Gasteiger charge is 2.85. The number of ether oxygens (including phenoxy) is 1. The minimum absolute atomic E-state index is 0.00924. The highest BCUT2D eigenvalue weighted by Crippen LogP contribution is 2.79. The minimum Gasteiger partial charge on any atom is -0.469 e. The molecule has 11 rings (SSSR count). The van der Waals surface area contributed by atoms with Crippen LogP contribution >= 0.6 is 0 Å². The normalized spacial score (nSPS) is 42.1. The third kappa shape index (κ3) is 2.60. The fraction of sp³-hybridized carbons (Fsp3) is 0.525. The van der Waals surface area contributed by atoms with E-state index in [0.29, 0.717) is 18.0 Å². The van der Waals surface area contributed by atoms with Gasteiger partial charge in [-0.3, -0.25) is 14.6 Å². The average Bonchev–Trinajstić information content (AvgIpc) is 3.84. The van der Waals surface area contributed by atoms with E-state index >= 15 is 0 Å². The van der Waals surface area contributed by atoms with E-state index in [9.17, 15) is 4.79 Å². The molecule has 7 heterocycles. The van der Waals surface area contributed by atoms with Crippen LogP contribution in [0.5, 0.6) is 0 Å². The summed E-state index contributed by atoms with van der Waals surface area (Å²) < 4.78 is 8.35. The molecule has 1 aromatic heterocycles. The second-order valence-corrected chi connectivity index (χ2v) is 16.0. The number of methoxy groups -OCH3 is 1. The molecule has 1 saturated heterocycles. The van der Waals surface area contributed by atoms with Crippen molar-refractivity contribution < 1.29 is 9.53 Å². The fourth-order valence-electron chi connectivity index (χ4n) is 13.7. The molecule has 2 saturated carbocycles. The Morgan fingerprint density at radius 1 is 1.04 bits per heavy atom. The van der Waals surface area contributed by atoms with Gasteiger partial charge in [-0.1, -0.05) is 68.5 Å². The Bertz CT molecular complexity index is 1940. The molecule has 2 aromatic carbocycles. The molecule has 6 heteroatoms. The van der Waals surface area contributed by atoms with Gasteiger partial charge < -0.3 is 14.6 Å². The zero-order chi connectivity index (χ0) is 30.8. The molecule has 3 fully saturated rings. The van der Waals surface area contributed by atoms with Gasteiger partial charge >= 0.3 is 5.97 Å². The molecule has 2 bridgehead atoms. The second-order valence-electron chi connectivity index (χ2n) is 16.0. The van der Waals surface area contributed by atoms with Crippen LogP contribution in [0.25, 0.3) is 10.9 Å².